The predicted octanol–water partition coefficient (Wildman–Crippen LogP) is 5.58. The highest BCUT2D eigenvalue weighted by Gasteiger charge is 2.18. The standard InChI is InChI=1S/C13H13NO2.C11H9NO2.C8H8BrNO2/c1-2-16-13(15)12-8-7-11(9-14-12)6-5-10-3-4-10;13-11(14)10-6-5-9(7-12-10)4-3-8-1-2-8;1-2-12-8(11)7-4-3-6(9)5-10-7/h7-10H,2-4H2,1H3;5-8H,1-2H2,(H,13,14);3-5H,2H2,1H3. The van der Waals surface area contributed by atoms with Crippen LogP contribution in [0.4, 0.5) is 0 Å². The summed E-state index contributed by atoms with van der Waals surface area (Å²) in [6, 6.07) is 9.97. The van der Waals surface area contributed by atoms with Crippen LogP contribution < -0.4 is 0 Å². The van der Waals surface area contributed by atoms with Crippen LogP contribution in [0.5, 0.6) is 0 Å². The van der Waals surface area contributed by atoms with Crippen molar-refractivity contribution in [3.63, 3.8) is 0 Å². The summed E-state index contributed by atoms with van der Waals surface area (Å²) < 4.78 is 10.4. The lowest BCUT2D eigenvalue weighted by Crippen LogP contribution is -2.06. The summed E-state index contributed by atoms with van der Waals surface area (Å²) in [6.07, 6.45) is 9.47. The van der Waals surface area contributed by atoms with E-state index in [-0.39, 0.29) is 17.6 Å². The van der Waals surface area contributed by atoms with Gasteiger partial charge in [0, 0.05) is 46.0 Å². The molecule has 0 bridgehead atoms. The molecule has 0 aromatic carbocycles. The molecule has 3 aromatic rings. The maximum absolute atomic E-state index is 11.3. The molecular formula is C32H30BrN3O6. The summed E-state index contributed by atoms with van der Waals surface area (Å²) in [6.45, 7) is 4.27. The Hall–Kier alpha value is -4.54. The van der Waals surface area contributed by atoms with Crippen molar-refractivity contribution in [3.05, 3.63) is 87.7 Å². The molecule has 10 heteroatoms. The Balaban J connectivity index is 0.000000175. The Morgan fingerprint density at radius 3 is 1.50 bits per heavy atom. The predicted molar refractivity (Wildman–Crippen MR) is 158 cm³/mol. The molecule has 0 amide bonds. The molecule has 2 fully saturated rings. The maximum atomic E-state index is 11.3. The lowest BCUT2D eigenvalue weighted by atomic mass is 10.2. The molecule has 2 aliphatic rings. The first-order valence-electron chi connectivity index (χ1n) is 13.4. The zero-order valence-electron chi connectivity index (χ0n) is 23.3. The van der Waals surface area contributed by atoms with Crippen LogP contribution in [0.15, 0.2) is 59.5 Å². The molecule has 216 valence electrons. The molecular weight excluding hydrogens is 602 g/mol. The largest absolute Gasteiger partial charge is 0.477 e. The molecule has 42 heavy (non-hydrogen) atoms. The lowest BCUT2D eigenvalue weighted by Gasteiger charge is -1.99. The van der Waals surface area contributed by atoms with Crippen LogP contribution in [-0.4, -0.2) is 51.2 Å². The van der Waals surface area contributed by atoms with E-state index in [1.807, 2.05) is 0 Å². The number of carbonyl (C=O) groups excluding carboxylic acids is 2. The SMILES string of the molecule is CCOC(=O)c1ccc(Br)cn1.CCOC(=O)c1ccc(C#CC2CC2)cn1.O=C(O)c1ccc(C#CC2CC2)cn1. The molecule has 0 aliphatic heterocycles. The van der Waals surface area contributed by atoms with E-state index in [9.17, 15) is 14.4 Å². The quantitative estimate of drug-likeness (QED) is 0.283. The number of hydrogen-bond donors (Lipinski definition) is 1. The van der Waals surface area contributed by atoms with Gasteiger partial charge in [-0.1, -0.05) is 23.7 Å². The van der Waals surface area contributed by atoms with Gasteiger partial charge in [-0.2, -0.15) is 0 Å². The van der Waals surface area contributed by atoms with E-state index in [4.69, 9.17) is 14.6 Å². The molecule has 0 atom stereocenters. The molecule has 1 N–H and O–H groups in total. The fourth-order valence-corrected chi connectivity index (χ4v) is 3.15. The van der Waals surface area contributed by atoms with Crippen LogP contribution in [-0.2, 0) is 9.47 Å². The Morgan fingerprint density at radius 1 is 0.738 bits per heavy atom. The van der Waals surface area contributed by atoms with Gasteiger partial charge in [-0.15, -0.1) is 0 Å². The van der Waals surface area contributed by atoms with Crippen molar-refractivity contribution in [1.29, 1.82) is 0 Å². The number of carboxylic acids is 1. The first kappa shape index (κ1) is 32.0. The Kier molecular flexibility index (Phi) is 12.7. The zero-order valence-corrected chi connectivity index (χ0v) is 24.9. The van der Waals surface area contributed by atoms with Crippen LogP contribution >= 0.6 is 15.9 Å². The molecule has 2 aliphatic carbocycles. The summed E-state index contributed by atoms with van der Waals surface area (Å²) in [5.74, 6) is 11.6. The van der Waals surface area contributed by atoms with Gasteiger partial charge < -0.3 is 14.6 Å². The van der Waals surface area contributed by atoms with E-state index in [1.54, 1.807) is 56.6 Å². The van der Waals surface area contributed by atoms with E-state index in [0.29, 0.717) is 36.4 Å². The normalized spacial score (nSPS) is 12.7. The zero-order chi connectivity index (χ0) is 30.3. The van der Waals surface area contributed by atoms with Crippen molar-refractivity contribution in [2.24, 2.45) is 11.8 Å². The molecule has 5 rings (SSSR count). The summed E-state index contributed by atoms with van der Waals surface area (Å²) in [4.78, 5) is 44.5. The molecule has 0 radical (unpaired) electrons. The van der Waals surface area contributed by atoms with Crippen molar-refractivity contribution >= 4 is 33.8 Å². The lowest BCUT2D eigenvalue weighted by molar-refractivity contribution is 0.0510. The van der Waals surface area contributed by atoms with Crippen molar-refractivity contribution < 1.29 is 29.0 Å². The fraction of sp³-hybridized carbons (Fsp3) is 0.312. The maximum Gasteiger partial charge on any atom is 0.356 e. The summed E-state index contributed by atoms with van der Waals surface area (Å²) in [5.41, 5.74) is 2.35. The van der Waals surface area contributed by atoms with Crippen LogP contribution in [0.25, 0.3) is 0 Å². The molecule has 0 saturated heterocycles. The third kappa shape index (κ3) is 11.9. The van der Waals surface area contributed by atoms with Gasteiger partial charge in [0.05, 0.1) is 13.2 Å². The molecule has 3 heterocycles. The van der Waals surface area contributed by atoms with Gasteiger partial charge in [-0.05, 0) is 91.9 Å². The summed E-state index contributed by atoms with van der Waals surface area (Å²) in [7, 11) is 0. The number of aromatic carboxylic acids is 1. The molecule has 0 unspecified atom stereocenters. The van der Waals surface area contributed by atoms with E-state index in [1.165, 1.54) is 37.9 Å². The Bertz CT molecular complexity index is 1480. The van der Waals surface area contributed by atoms with Crippen molar-refractivity contribution in [2.45, 2.75) is 39.5 Å². The number of esters is 2. The van der Waals surface area contributed by atoms with Gasteiger partial charge in [-0.3, -0.25) is 0 Å². The number of hydrogen-bond acceptors (Lipinski definition) is 8. The Labute approximate surface area is 253 Å². The minimum atomic E-state index is -1.01. The monoisotopic (exact) mass is 631 g/mol. The smallest absolute Gasteiger partial charge is 0.356 e. The number of aromatic nitrogens is 3. The number of nitrogens with zero attached hydrogens (tertiary/aromatic N) is 3. The number of halogens is 1. The van der Waals surface area contributed by atoms with Crippen LogP contribution in [0.2, 0.25) is 0 Å². The van der Waals surface area contributed by atoms with Crippen molar-refractivity contribution in [3.8, 4) is 23.7 Å². The third-order valence-electron chi connectivity index (χ3n) is 5.44. The second-order valence-corrected chi connectivity index (χ2v) is 9.97. The molecule has 2 saturated carbocycles. The van der Waals surface area contributed by atoms with Crippen LogP contribution in [0.1, 0.15) is 82.1 Å². The first-order valence-corrected chi connectivity index (χ1v) is 14.2. The van der Waals surface area contributed by atoms with Crippen molar-refractivity contribution in [1.82, 2.24) is 15.0 Å². The molecule has 3 aromatic heterocycles. The Morgan fingerprint density at radius 2 is 1.17 bits per heavy atom. The van der Waals surface area contributed by atoms with Gasteiger partial charge >= 0.3 is 17.9 Å². The first-order chi connectivity index (χ1) is 20.3. The van der Waals surface area contributed by atoms with E-state index in [0.717, 1.165) is 15.6 Å². The molecule has 9 nitrogen and oxygen atoms in total. The molecule has 0 spiro atoms. The highest BCUT2D eigenvalue weighted by molar-refractivity contribution is 9.10. The number of pyridine rings is 3. The second-order valence-electron chi connectivity index (χ2n) is 9.06. The van der Waals surface area contributed by atoms with Gasteiger partial charge in [0.25, 0.3) is 0 Å². The number of ether oxygens (including phenoxy) is 2. The third-order valence-corrected chi connectivity index (χ3v) is 5.91. The van der Waals surface area contributed by atoms with Gasteiger partial charge in [0.1, 0.15) is 17.1 Å². The van der Waals surface area contributed by atoms with E-state index in [2.05, 4.69) is 54.6 Å². The fourth-order valence-electron chi connectivity index (χ4n) is 2.92. The van der Waals surface area contributed by atoms with Gasteiger partial charge in [0.15, 0.2) is 0 Å². The minimum Gasteiger partial charge on any atom is -0.477 e. The minimum absolute atomic E-state index is 0.0574. The topological polar surface area (TPSA) is 129 Å². The van der Waals surface area contributed by atoms with Gasteiger partial charge in [0.2, 0.25) is 0 Å². The average molecular weight is 633 g/mol. The van der Waals surface area contributed by atoms with Gasteiger partial charge in [-0.25, -0.2) is 29.3 Å². The van der Waals surface area contributed by atoms with E-state index >= 15 is 0 Å². The highest BCUT2D eigenvalue weighted by Crippen LogP contribution is 2.28. The highest BCUT2D eigenvalue weighted by atomic mass is 79.9. The second kappa shape index (κ2) is 16.7. The summed E-state index contributed by atoms with van der Waals surface area (Å²) in [5, 5.41) is 8.61. The average Bonchev–Trinajstić information content (AvgIpc) is 3.93. The summed E-state index contributed by atoms with van der Waals surface area (Å²) >= 11 is 3.22. The number of rotatable bonds is 5. The van der Waals surface area contributed by atoms with Crippen molar-refractivity contribution in [2.75, 3.05) is 13.2 Å². The van der Waals surface area contributed by atoms with E-state index < -0.39 is 5.97 Å². The number of carbonyl (C=O) groups is 3. The van der Waals surface area contributed by atoms with Crippen LogP contribution in [0.3, 0.4) is 0 Å². The van der Waals surface area contributed by atoms with Crippen LogP contribution in [0, 0.1) is 35.5 Å². The number of carboxylic acid groups (broad SMARTS) is 1.